The van der Waals surface area contributed by atoms with Crippen LogP contribution < -0.4 is 0 Å². The van der Waals surface area contributed by atoms with Crippen LogP contribution in [0.5, 0.6) is 0 Å². The first-order valence-corrected chi connectivity index (χ1v) is 5.70. The lowest BCUT2D eigenvalue weighted by molar-refractivity contribution is 0.0699. The Balaban J connectivity index is 2.78. The van der Waals surface area contributed by atoms with Crippen molar-refractivity contribution in [1.29, 1.82) is 0 Å². The number of nitrogens with zero attached hydrogens (tertiary/aromatic N) is 1. The maximum atomic E-state index is 11.2. The molecule has 2 rings (SSSR count). The van der Waals surface area contributed by atoms with Gasteiger partial charge in [-0.05, 0) is 29.7 Å². The summed E-state index contributed by atoms with van der Waals surface area (Å²) in [7, 11) is 0. The van der Waals surface area contributed by atoms with Crippen molar-refractivity contribution >= 4 is 28.5 Å². The molecule has 4 heteroatoms. The third-order valence-electron chi connectivity index (χ3n) is 2.70. The van der Waals surface area contributed by atoms with Crippen molar-refractivity contribution in [2.75, 3.05) is 0 Å². The molecule has 0 aliphatic carbocycles. The molecule has 88 valence electrons. The van der Waals surface area contributed by atoms with Gasteiger partial charge in [0.2, 0.25) is 0 Å². The SMILES string of the molecule is CC(C)c1ccc2nc(Cl)cc(C(=O)O)c2c1. The Morgan fingerprint density at radius 3 is 2.65 bits per heavy atom. The maximum Gasteiger partial charge on any atom is 0.336 e. The highest BCUT2D eigenvalue weighted by Gasteiger charge is 2.12. The second kappa shape index (κ2) is 4.34. The molecule has 1 aromatic carbocycles. The molecular weight excluding hydrogens is 238 g/mol. The average molecular weight is 250 g/mol. The number of pyridine rings is 1. The lowest BCUT2D eigenvalue weighted by Crippen LogP contribution is -2.00. The minimum absolute atomic E-state index is 0.197. The lowest BCUT2D eigenvalue weighted by atomic mass is 9.99. The van der Waals surface area contributed by atoms with E-state index in [2.05, 4.69) is 18.8 Å². The molecule has 0 radical (unpaired) electrons. The van der Waals surface area contributed by atoms with Gasteiger partial charge in [0.15, 0.2) is 0 Å². The van der Waals surface area contributed by atoms with Crippen LogP contribution in [-0.4, -0.2) is 16.1 Å². The molecule has 0 bridgehead atoms. The monoisotopic (exact) mass is 249 g/mol. The second-order valence-electron chi connectivity index (χ2n) is 4.23. The summed E-state index contributed by atoms with van der Waals surface area (Å²) >= 11 is 5.80. The summed E-state index contributed by atoms with van der Waals surface area (Å²) in [4.78, 5) is 15.3. The Morgan fingerprint density at radius 2 is 2.06 bits per heavy atom. The van der Waals surface area contributed by atoms with Crippen LogP contribution in [0.25, 0.3) is 10.9 Å². The predicted molar refractivity (Wildman–Crippen MR) is 67.8 cm³/mol. The Kier molecular flexibility index (Phi) is 3.03. The Labute approximate surface area is 104 Å². The van der Waals surface area contributed by atoms with Gasteiger partial charge in [0.25, 0.3) is 0 Å². The summed E-state index contributed by atoms with van der Waals surface area (Å²) in [5.74, 6) is -0.642. The highest BCUT2D eigenvalue weighted by molar-refractivity contribution is 6.30. The molecule has 0 fully saturated rings. The van der Waals surface area contributed by atoms with Crippen LogP contribution >= 0.6 is 11.6 Å². The van der Waals surface area contributed by atoms with Crippen molar-refractivity contribution in [3.8, 4) is 0 Å². The number of benzene rings is 1. The summed E-state index contributed by atoms with van der Waals surface area (Å²) in [5, 5.41) is 9.98. The number of carbonyl (C=O) groups is 1. The van der Waals surface area contributed by atoms with Crippen LogP contribution in [0.3, 0.4) is 0 Å². The number of carboxylic acids is 1. The standard InChI is InChI=1S/C13H12ClNO2/c1-7(2)8-3-4-11-9(5-8)10(13(16)17)6-12(14)15-11/h3-7H,1-2H3,(H,16,17). The van der Waals surface area contributed by atoms with Crippen molar-refractivity contribution in [3.63, 3.8) is 0 Å². The highest BCUT2D eigenvalue weighted by atomic mass is 35.5. The number of rotatable bonds is 2. The smallest absolute Gasteiger partial charge is 0.336 e. The molecule has 0 atom stereocenters. The molecule has 0 amide bonds. The summed E-state index contributed by atoms with van der Waals surface area (Å²) in [6.45, 7) is 4.12. The molecule has 0 saturated heterocycles. The Morgan fingerprint density at radius 1 is 1.35 bits per heavy atom. The first-order chi connectivity index (χ1) is 7.99. The minimum atomic E-state index is -0.986. The average Bonchev–Trinajstić information content (AvgIpc) is 2.26. The van der Waals surface area contributed by atoms with E-state index in [4.69, 9.17) is 16.7 Å². The van der Waals surface area contributed by atoms with Gasteiger partial charge >= 0.3 is 5.97 Å². The van der Waals surface area contributed by atoms with E-state index in [1.165, 1.54) is 6.07 Å². The quantitative estimate of drug-likeness (QED) is 0.826. The summed E-state index contributed by atoms with van der Waals surface area (Å²) in [5.41, 5.74) is 1.89. The van der Waals surface area contributed by atoms with E-state index in [9.17, 15) is 4.79 Å². The second-order valence-corrected chi connectivity index (χ2v) is 4.62. The number of fused-ring (bicyclic) bond motifs is 1. The molecule has 1 aromatic heterocycles. The van der Waals surface area contributed by atoms with Crippen molar-refractivity contribution in [2.24, 2.45) is 0 Å². The molecule has 0 aliphatic rings. The van der Waals surface area contributed by atoms with Crippen LogP contribution in [-0.2, 0) is 0 Å². The molecule has 1 heterocycles. The molecule has 1 N–H and O–H groups in total. The fraction of sp³-hybridized carbons (Fsp3) is 0.231. The van der Waals surface area contributed by atoms with E-state index in [0.717, 1.165) is 5.56 Å². The summed E-state index contributed by atoms with van der Waals surface area (Å²) in [6, 6.07) is 7.01. The third kappa shape index (κ3) is 2.24. The molecule has 17 heavy (non-hydrogen) atoms. The zero-order chi connectivity index (χ0) is 12.6. The molecule has 0 spiro atoms. The predicted octanol–water partition coefficient (Wildman–Crippen LogP) is 3.71. The van der Waals surface area contributed by atoms with Crippen molar-refractivity contribution in [1.82, 2.24) is 4.98 Å². The van der Waals surface area contributed by atoms with Gasteiger partial charge in [-0.2, -0.15) is 0 Å². The van der Waals surface area contributed by atoms with Crippen LogP contribution in [0.1, 0.15) is 35.7 Å². The van der Waals surface area contributed by atoms with E-state index in [1.54, 1.807) is 0 Å². The van der Waals surface area contributed by atoms with Gasteiger partial charge in [0.05, 0.1) is 11.1 Å². The Hall–Kier alpha value is -1.61. The number of carboxylic acid groups (broad SMARTS) is 1. The molecule has 3 nitrogen and oxygen atoms in total. The first-order valence-electron chi connectivity index (χ1n) is 5.32. The van der Waals surface area contributed by atoms with Crippen LogP contribution in [0.2, 0.25) is 5.15 Å². The lowest BCUT2D eigenvalue weighted by Gasteiger charge is -2.08. The van der Waals surface area contributed by atoms with E-state index in [0.29, 0.717) is 16.8 Å². The Bertz CT molecular complexity index is 593. The third-order valence-corrected chi connectivity index (χ3v) is 2.89. The van der Waals surface area contributed by atoms with Gasteiger partial charge in [0, 0.05) is 5.39 Å². The largest absolute Gasteiger partial charge is 0.478 e. The van der Waals surface area contributed by atoms with E-state index < -0.39 is 5.97 Å². The van der Waals surface area contributed by atoms with Gasteiger partial charge in [-0.3, -0.25) is 0 Å². The highest BCUT2D eigenvalue weighted by Crippen LogP contribution is 2.25. The zero-order valence-electron chi connectivity index (χ0n) is 9.57. The van der Waals surface area contributed by atoms with Crippen LogP contribution in [0, 0.1) is 0 Å². The number of hydrogen-bond acceptors (Lipinski definition) is 2. The molecule has 2 aromatic rings. The van der Waals surface area contributed by atoms with Gasteiger partial charge < -0.3 is 5.11 Å². The molecular formula is C13H12ClNO2. The maximum absolute atomic E-state index is 11.2. The van der Waals surface area contributed by atoms with Gasteiger partial charge in [0.1, 0.15) is 5.15 Å². The van der Waals surface area contributed by atoms with Crippen molar-refractivity contribution in [2.45, 2.75) is 19.8 Å². The number of hydrogen-bond donors (Lipinski definition) is 1. The molecule has 0 unspecified atom stereocenters. The zero-order valence-corrected chi connectivity index (χ0v) is 10.3. The fourth-order valence-electron chi connectivity index (χ4n) is 1.75. The number of aromatic nitrogens is 1. The van der Waals surface area contributed by atoms with E-state index in [1.807, 2.05) is 18.2 Å². The van der Waals surface area contributed by atoms with Gasteiger partial charge in [-0.1, -0.05) is 31.5 Å². The fourth-order valence-corrected chi connectivity index (χ4v) is 1.95. The topological polar surface area (TPSA) is 50.2 Å². The summed E-state index contributed by atoms with van der Waals surface area (Å²) < 4.78 is 0. The molecule has 0 saturated carbocycles. The van der Waals surface area contributed by atoms with E-state index >= 15 is 0 Å². The normalized spacial score (nSPS) is 11.1. The first kappa shape index (κ1) is 11.9. The van der Waals surface area contributed by atoms with Gasteiger partial charge in [-0.15, -0.1) is 0 Å². The number of halogens is 1. The minimum Gasteiger partial charge on any atom is -0.478 e. The van der Waals surface area contributed by atoms with Gasteiger partial charge in [-0.25, -0.2) is 9.78 Å². The van der Waals surface area contributed by atoms with E-state index in [-0.39, 0.29) is 10.7 Å². The van der Waals surface area contributed by atoms with Crippen LogP contribution in [0.4, 0.5) is 0 Å². The van der Waals surface area contributed by atoms with Crippen molar-refractivity contribution < 1.29 is 9.90 Å². The number of aromatic carboxylic acids is 1. The van der Waals surface area contributed by atoms with Crippen LogP contribution in [0.15, 0.2) is 24.3 Å². The molecule has 0 aliphatic heterocycles. The summed E-state index contributed by atoms with van der Waals surface area (Å²) in [6.07, 6.45) is 0. The van der Waals surface area contributed by atoms with Crippen molar-refractivity contribution in [3.05, 3.63) is 40.5 Å².